The van der Waals surface area contributed by atoms with Crippen molar-refractivity contribution in [2.45, 2.75) is 38.8 Å². The fourth-order valence-corrected chi connectivity index (χ4v) is 3.49. The topological polar surface area (TPSA) is 81.3 Å². The lowest BCUT2D eigenvalue weighted by atomic mass is 10.0. The third kappa shape index (κ3) is 4.82. The summed E-state index contributed by atoms with van der Waals surface area (Å²) in [4.78, 5) is 19.7. The summed E-state index contributed by atoms with van der Waals surface area (Å²) in [5.74, 6) is -1.33. The van der Waals surface area contributed by atoms with Crippen molar-refractivity contribution in [2.24, 2.45) is 0 Å². The van der Waals surface area contributed by atoms with Crippen LogP contribution in [0, 0.1) is 6.92 Å². The largest absolute Gasteiger partial charge is 0.473 e. The zero-order chi connectivity index (χ0) is 24.7. The molecular weight excluding hydrogens is 470 g/mol. The van der Waals surface area contributed by atoms with Gasteiger partial charge in [0.05, 0.1) is 5.56 Å². The van der Waals surface area contributed by atoms with Gasteiger partial charge in [0, 0.05) is 37.1 Å². The highest BCUT2D eigenvalue weighted by Gasteiger charge is 2.43. The summed E-state index contributed by atoms with van der Waals surface area (Å²) in [5, 5.41) is 3.88. The first-order valence-electron chi connectivity index (χ1n) is 9.89. The van der Waals surface area contributed by atoms with E-state index in [1.54, 1.807) is 13.0 Å². The molecule has 34 heavy (non-hydrogen) atoms. The Labute approximate surface area is 188 Å². The minimum atomic E-state index is -4.94. The lowest BCUT2D eigenvalue weighted by molar-refractivity contribution is -0.186. The molecule has 3 aromatic heterocycles. The Kier molecular flexibility index (Phi) is 5.96. The van der Waals surface area contributed by atoms with Crippen LogP contribution in [0.3, 0.4) is 0 Å². The van der Waals surface area contributed by atoms with E-state index in [0.29, 0.717) is 28.0 Å². The predicted molar refractivity (Wildman–Crippen MR) is 103 cm³/mol. The number of ether oxygens (including phenoxy) is 1. The number of aromatic nitrogens is 3. The SMILES string of the molecule is Cc1onc(-c2ccc(C(F)(F)F)nc2)c1COc1cc2c(cn1)CN(C(=O)C(F)(F)F)CC2. The second kappa shape index (κ2) is 8.61. The van der Waals surface area contributed by atoms with Crippen LogP contribution in [-0.4, -0.2) is 38.7 Å². The van der Waals surface area contributed by atoms with E-state index in [2.05, 4.69) is 15.1 Å². The van der Waals surface area contributed by atoms with Crippen LogP contribution in [-0.2, 0) is 30.5 Å². The molecule has 0 aliphatic carbocycles. The second-order valence-corrected chi connectivity index (χ2v) is 7.55. The Morgan fingerprint density at radius 3 is 2.53 bits per heavy atom. The molecule has 0 unspecified atom stereocenters. The van der Waals surface area contributed by atoms with E-state index < -0.39 is 24.0 Å². The van der Waals surface area contributed by atoms with Gasteiger partial charge < -0.3 is 14.2 Å². The van der Waals surface area contributed by atoms with Gasteiger partial charge in [0.15, 0.2) is 0 Å². The van der Waals surface area contributed by atoms with E-state index in [4.69, 9.17) is 9.26 Å². The van der Waals surface area contributed by atoms with Crippen molar-refractivity contribution >= 4 is 5.91 Å². The summed E-state index contributed by atoms with van der Waals surface area (Å²) in [6.45, 7) is 1.23. The average Bonchev–Trinajstić information content (AvgIpc) is 3.15. The average molecular weight is 486 g/mol. The maximum Gasteiger partial charge on any atom is 0.471 e. The molecule has 0 aromatic carbocycles. The van der Waals surface area contributed by atoms with Crippen LogP contribution < -0.4 is 4.74 Å². The minimum absolute atomic E-state index is 0.0733. The zero-order valence-corrected chi connectivity index (χ0v) is 17.5. The molecule has 7 nitrogen and oxygen atoms in total. The molecule has 0 atom stereocenters. The quantitative estimate of drug-likeness (QED) is 0.506. The Hall–Kier alpha value is -3.64. The highest BCUT2D eigenvalue weighted by atomic mass is 19.4. The lowest BCUT2D eigenvalue weighted by Crippen LogP contribution is -2.43. The molecule has 0 bridgehead atoms. The fourth-order valence-electron chi connectivity index (χ4n) is 3.49. The maximum absolute atomic E-state index is 12.8. The summed E-state index contributed by atoms with van der Waals surface area (Å²) in [7, 11) is 0. The van der Waals surface area contributed by atoms with Gasteiger partial charge in [-0.1, -0.05) is 5.16 Å². The molecular formula is C21H16F6N4O3. The van der Waals surface area contributed by atoms with E-state index in [-0.39, 0.29) is 37.7 Å². The molecule has 0 saturated carbocycles. The number of hydrogen-bond acceptors (Lipinski definition) is 6. The Morgan fingerprint density at radius 1 is 1.12 bits per heavy atom. The van der Waals surface area contributed by atoms with Gasteiger partial charge in [-0.05, 0) is 36.6 Å². The normalized spacial score (nSPS) is 14.1. The summed E-state index contributed by atoms with van der Waals surface area (Å²) in [6, 6.07) is 3.64. The van der Waals surface area contributed by atoms with Gasteiger partial charge in [0.1, 0.15) is 23.8 Å². The van der Waals surface area contributed by atoms with Crippen LogP contribution in [0.4, 0.5) is 26.3 Å². The third-order valence-corrected chi connectivity index (χ3v) is 5.28. The van der Waals surface area contributed by atoms with Crippen molar-refractivity contribution in [3.05, 3.63) is 58.7 Å². The first-order valence-corrected chi connectivity index (χ1v) is 9.89. The molecule has 0 N–H and O–H groups in total. The number of amides is 1. The van der Waals surface area contributed by atoms with Gasteiger partial charge in [0.2, 0.25) is 5.88 Å². The number of rotatable bonds is 4. The van der Waals surface area contributed by atoms with Crippen LogP contribution in [0.5, 0.6) is 5.88 Å². The Bertz CT molecular complexity index is 1200. The number of hydrogen-bond donors (Lipinski definition) is 0. The molecule has 1 aliphatic heterocycles. The van der Waals surface area contributed by atoms with Crippen molar-refractivity contribution in [1.29, 1.82) is 0 Å². The van der Waals surface area contributed by atoms with E-state index in [0.717, 1.165) is 17.2 Å². The minimum Gasteiger partial charge on any atom is -0.473 e. The molecule has 13 heteroatoms. The van der Waals surface area contributed by atoms with Gasteiger partial charge in [-0.25, -0.2) is 4.98 Å². The number of pyridine rings is 2. The number of aryl methyl sites for hydroxylation is 1. The highest BCUT2D eigenvalue weighted by molar-refractivity contribution is 5.82. The maximum atomic E-state index is 12.8. The van der Waals surface area contributed by atoms with Crippen LogP contribution >= 0.6 is 0 Å². The van der Waals surface area contributed by atoms with Gasteiger partial charge >= 0.3 is 18.3 Å². The van der Waals surface area contributed by atoms with E-state index in [1.165, 1.54) is 12.3 Å². The first kappa shape index (κ1) is 23.5. The molecule has 1 aliphatic rings. The molecule has 4 rings (SSSR count). The van der Waals surface area contributed by atoms with Crippen molar-refractivity contribution in [2.75, 3.05) is 6.54 Å². The molecule has 180 valence electrons. The summed E-state index contributed by atoms with van der Waals surface area (Å²) in [5.41, 5.74) is 1.18. The van der Waals surface area contributed by atoms with Crippen molar-refractivity contribution in [3.63, 3.8) is 0 Å². The van der Waals surface area contributed by atoms with Crippen molar-refractivity contribution in [3.8, 4) is 17.1 Å². The van der Waals surface area contributed by atoms with Crippen LogP contribution in [0.1, 0.15) is 28.1 Å². The molecule has 1 amide bonds. The summed E-state index contributed by atoms with van der Waals surface area (Å²) >= 11 is 0. The zero-order valence-electron chi connectivity index (χ0n) is 17.5. The number of carbonyl (C=O) groups excluding carboxylic acids is 1. The Morgan fingerprint density at radius 2 is 1.88 bits per heavy atom. The van der Waals surface area contributed by atoms with Crippen LogP contribution in [0.25, 0.3) is 11.3 Å². The van der Waals surface area contributed by atoms with Crippen molar-refractivity contribution in [1.82, 2.24) is 20.0 Å². The molecule has 0 spiro atoms. The molecule has 4 heterocycles. The predicted octanol–water partition coefficient (Wildman–Crippen LogP) is 4.48. The Balaban J connectivity index is 1.47. The monoisotopic (exact) mass is 486 g/mol. The van der Waals surface area contributed by atoms with Gasteiger partial charge in [0.25, 0.3) is 0 Å². The molecule has 0 radical (unpaired) electrons. The molecule has 0 fully saturated rings. The standard InChI is InChI=1S/C21H16F6N4O3/c1-11-15(18(30-34-11)13-2-3-16(28-7-13)20(22,23)24)10-33-17-6-12-4-5-31(9-14(12)8-29-17)19(32)21(25,26)27/h2-3,6-8H,4-5,9-10H2,1H3. The van der Waals surface area contributed by atoms with Gasteiger partial charge in [-0.3, -0.25) is 9.78 Å². The lowest BCUT2D eigenvalue weighted by Gasteiger charge is -2.29. The van der Waals surface area contributed by atoms with Crippen molar-refractivity contribution < 1.29 is 40.4 Å². The third-order valence-electron chi connectivity index (χ3n) is 5.28. The number of alkyl halides is 6. The van der Waals surface area contributed by atoms with E-state index >= 15 is 0 Å². The van der Waals surface area contributed by atoms with Crippen LogP contribution in [0.2, 0.25) is 0 Å². The van der Waals surface area contributed by atoms with Gasteiger partial charge in [-0.2, -0.15) is 26.3 Å². The van der Waals surface area contributed by atoms with E-state index in [9.17, 15) is 31.1 Å². The van der Waals surface area contributed by atoms with E-state index in [1.807, 2.05) is 0 Å². The molecule has 3 aromatic rings. The fraction of sp³-hybridized carbons (Fsp3) is 0.333. The van der Waals surface area contributed by atoms with Crippen LogP contribution in [0.15, 0.2) is 35.1 Å². The van der Waals surface area contributed by atoms with Gasteiger partial charge in [-0.15, -0.1) is 0 Å². The second-order valence-electron chi connectivity index (χ2n) is 7.55. The highest BCUT2D eigenvalue weighted by Crippen LogP contribution is 2.31. The first-order chi connectivity index (χ1) is 15.9. The smallest absolute Gasteiger partial charge is 0.471 e. The number of carbonyl (C=O) groups is 1. The molecule has 0 saturated heterocycles. The summed E-state index contributed by atoms with van der Waals surface area (Å²) in [6.07, 6.45) is -6.93. The summed E-state index contributed by atoms with van der Waals surface area (Å²) < 4.78 is 87.1. The number of halogens is 6. The number of nitrogens with zero attached hydrogens (tertiary/aromatic N) is 4. The number of fused-ring (bicyclic) bond motifs is 1.